The van der Waals surface area contributed by atoms with Gasteiger partial charge < -0.3 is 20.0 Å². The smallest absolute Gasteiger partial charge is 0.312 e. The highest BCUT2D eigenvalue weighted by Crippen LogP contribution is 2.09. The summed E-state index contributed by atoms with van der Waals surface area (Å²) in [6, 6.07) is 0.185. The van der Waals surface area contributed by atoms with Gasteiger partial charge in [-0.05, 0) is 19.9 Å². The molecular weight excluding hydrogens is 260 g/mol. The molecule has 20 heavy (non-hydrogen) atoms. The molecule has 0 radical (unpaired) electrons. The summed E-state index contributed by atoms with van der Waals surface area (Å²) in [5.74, 6) is -1.18. The molecule has 2 aliphatic rings. The molecule has 2 saturated heterocycles. The summed E-state index contributed by atoms with van der Waals surface area (Å²) in [6.45, 7) is 5.00. The second-order valence-electron chi connectivity index (χ2n) is 5.26. The van der Waals surface area contributed by atoms with Crippen molar-refractivity contribution in [2.45, 2.75) is 19.4 Å². The summed E-state index contributed by atoms with van der Waals surface area (Å²) >= 11 is 0. The summed E-state index contributed by atoms with van der Waals surface area (Å²) in [5.41, 5.74) is 0. The molecule has 1 atom stereocenters. The van der Waals surface area contributed by atoms with Gasteiger partial charge in [0.2, 0.25) is 5.91 Å². The second-order valence-corrected chi connectivity index (χ2v) is 5.26. The van der Waals surface area contributed by atoms with E-state index in [2.05, 4.69) is 5.32 Å². The van der Waals surface area contributed by atoms with E-state index in [1.54, 1.807) is 11.9 Å². The van der Waals surface area contributed by atoms with Crippen molar-refractivity contribution in [3.05, 3.63) is 0 Å². The van der Waals surface area contributed by atoms with Crippen molar-refractivity contribution in [1.29, 1.82) is 0 Å². The maximum absolute atomic E-state index is 12.2. The predicted molar refractivity (Wildman–Crippen MR) is 72.9 cm³/mol. The normalized spacial score (nSPS) is 23.4. The zero-order valence-corrected chi connectivity index (χ0v) is 12.1. The summed E-state index contributed by atoms with van der Waals surface area (Å²) in [5, 5.41) is 3.21. The largest absolute Gasteiger partial charge is 0.340 e. The highest BCUT2D eigenvalue weighted by atomic mass is 16.2. The molecule has 2 heterocycles. The third kappa shape index (κ3) is 2.92. The molecule has 0 aromatic carbocycles. The Bertz CT molecular complexity index is 406. The second kappa shape index (κ2) is 6.21. The number of hydrogen-bond acceptors (Lipinski definition) is 4. The Morgan fingerprint density at radius 2 is 1.95 bits per heavy atom. The molecule has 0 saturated carbocycles. The Hall–Kier alpha value is -1.63. The fraction of sp³-hybridized carbons (Fsp3) is 0.769. The average molecular weight is 282 g/mol. The van der Waals surface area contributed by atoms with Crippen molar-refractivity contribution in [2.75, 3.05) is 46.3 Å². The minimum Gasteiger partial charge on any atom is -0.340 e. The first-order valence-electron chi connectivity index (χ1n) is 7.09. The minimum atomic E-state index is -0.565. The lowest BCUT2D eigenvalue weighted by Crippen LogP contribution is -2.56. The van der Waals surface area contributed by atoms with Crippen LogP contribution in [0.1, 0.15) is 13.3 Å². The number of nitrogens with zero attached hydrogens (tertiary/aromatic N) is 3. The van der Waals surface area contributed by atoms with Crippen LogP contribution in [0.25, 0.3) is 0 Å². The number of likely N-dealkylation sites (N-methyl/N-ethyl adjacent to an activating group) is 2. The lowest BCUT2D eigenvalue weighted by atomic mass is 10.2. The quantitative estimate of drug-likeness (QED) is 0.637. The molecule has 0 spiro atoms. The molecule has 3 amide bonds. The lowest BCUT2D eigenvalue weighted by molar-refractivity contribution is -0.157. The number of rotatable bonds is 4. The van der Waals surface area contributed by atoms with Gasteiger partial charge in [0.15, 0.2) is 0 Å². The van der Waals surface area contributed by atoms with Crippen molar-refractivity contribution in [1.82, 2.24) is 20.0 Å². The summed E-state index contributed by atoms with van der Waals surface area (Å²) in [4.78, 5) is 40.4. The number of piperazine rings is 1. The molecule has 0 aromatic rings. The Balaban J connectivity index is 1.91. The zero-order chi connectivity index (χ0) is 14.7. The molecule has 0 aromatic heterocycles. The highest BCUT2D eigenvalue weighted by molar-refractivity contribution is 6.35. The minimum absolute atomic E-state index is 0.00483. The van der Waals surface area contributed by atoms with Crippen molar-refractivity contribution in [3.8, 4) is 0 Å². The summed E-state index contributed by atoms with van der Waals surface area (Å²) in [7, 11) is 1.76. The van der Waals surface area contributed by atoms with E-state index < -0.39 is 11.8 Å². The van der Waals surface area contributed by atoms with Crippen molar-refractivity contribution in [2.24, 2.45) is 0 Å². The van der Waals surface area contributed by atoms with Gasteiger partial charge in [-0.2, -0.15) is 0 Å². The van der Waals surface area contributed by atoms with Crippen LogP contribution in [0.3, 0.4) is 0 Å². The standard InChI is InChI=1S/C13H22N4O3/c1-3-16-6-7-17(13(20)12(16)19)9-11(18)15(2)10-4-5-14-8-10/h10,14H,3-9H2,1-2H3. The van der Waals surface area contributed by atoms with Crippen LogP contribution in [0.5, 0.6) is 0 Å². The molecule has 0 aliphatic carbocycles. The van der Waals surface area contributed by atoms with E-state index in [9.17, 15) is 14.4 Å². The Labute approximate surface area is 118 Å². The first-order valence-corrected chi connectivity index (χ1v) is 7.09. The van der Waals surface area contributed by atoms with Crippen LogP contribution in [0.15, 0.2) is 0 Å². The van der Waals surface area contributed by atoms with Gasteiger partial charge in [0, 0.05) is 39.3 Å². The third-order valence-corrected chi connectivity index (χ3v) is 4.08. The van der Waals surface area contributed by atoms with E-state index in [-0.39, 0.29) is 18.5 Å². The van der Waals surface area contributed by atoms with Gasteiger partial charge in [0.25, 0.3) is 0 Å². The van der Waals surface area contributed by atoms with Gasteiger partial charge in [0.1, 0.15) is 6.54 Å². The van der Waals surface area contributed by atoms with Gasteiger partial charge in [-0.1, -0.05) is 0 Å². The highest BCUT2D eigenvalue weighted by Gasteiger charge is 2.34. The number of amides is 3. The molecule has 7 heteroatoms. The molecule has 1 unspecified atom stereocenters. The Kier molecular flexibility index (Phi) is 4.59. The molecule has 2 fully saturated rings. The lowest BCUT2D eigenvalue weighted by Gasteiger charge is -2.34. The Morgan fingerprint density at radius 3 is 2.55 bits per heavy atom. The van der Waals surface area contributed by atoms with Gasteiger partial charge in [-0.3, -0.25) is 14.4 Å². The number of nitrogens with one attached hydrogen (secondary N) is 1. The van der Waals surface area contributed by atoms with Crippen LogP contribution in [0.2, 0.25) is 0 Å². The fourth-order valence-electron chi connectivity index (χ4n) is 2.62. The summed E-state index contributed by atoms with van der Waals surface area (Å²) in [6.07, 6.45) is 0.929. The van der Waals surface area contributed by atoms with E-state index in [4.69, 9.17) is 0 Å². The van der Waals surface area contributed by atoms with E-state index in [1.807, 2.05) is 6.92 Å². The predicted octanol–water partition coefficient (Wildman–Crippen LogP) is -1.50. The van der Waals surface area contributed by atoms with Crippen molar-refractivity contribution in [3.63, 3.8) is 0 Å². The topological polar surface area (TPSA) is 73.0 Å². The van der Waals surface area contributed by atoms with Gasteiger partial charge in [-0.15, -0.1) is 0 Å². The van der Waals surface area contributed by atoms with E-state index >= 15 is 0 Å². The number of carbonyl (C=O) groups excluding carboxylic acids is 3. The maximum atomic E-state index is 12.2. The maximum Gasteiger partial charge on any atom is 0.312 e. The van der Waals surface area contributed by atoms with E-state index in [1.165, 1.54) is 9.80 Å². The molecule has 7 nitrogen and oxygen atoms in total. The van der Waals surface area contributed by atoms with Crippen LogP contribution in [-0.4, -0.2) is 84.8 Å². The molecule has 0 bridgehead atoms. The van der Waals surface area contributed by atoms with Crippen molar-refractivity contribution >= 4 is 17.7 Å². The third-order valence-electron chi connectivity index (χ3n) is 4.08. The van der Waals surface area contributed by atoms with Gasteiger partial charge >= 0.3 is 11.8 Å². The van der Waals surface area contributed by atoms with E-state index in [0.717, 1.165) is 19.5 Å². The van der Waals surface area contributed by atoms with Crippen LogP contribution in [-0.2, 0) is 14.4 Å². The monoisotopic (exact) mass is 282 g/mol. The molecule has 112 valence electrons. The Morgan fingerprint density at radius 1 is 1.30 bits per heavy atom. The summed E-state index contributed by atoms with van der Waals surface area (Å²) < 4.78 is 0. The van der Waals surface area contributed by atoms with Crippen LogP contribution in [0, 0.1) is 0 Å². The van der Waals surface area contributed by atoms with Gasteiger partial charge in [-0.25, -0.2) is 0 Å². The van der Waals surface area contributed by atoms with Crippen molar-refractivity contribution < 1.29 is 14.4 Å². The molecular formula is C13H22N4O3. The van der Waals surface area contributed by atoms with E-state index in [0.29, 0.717) is 19.6 Å². The average Bonchev–Trinajstić information content (AvgIpc) is 2.97. The first-order chi connectivity index (χ1) is 9.54. The number of hydrogen-bond donors (Lipinski definition) is 1. The SMILES string of the molecule is CCN1CCN(CC(=O)N(C)C2CCNC2)C(=O)C1=O. The molecule has 1 N–H and O–H groups in total. The fourth-order valence-corrected chi connectivity index (χ4v) is 2.62. The van der Waals surface area contributed by atoms with Gasteiger partial charge in [0.05, 0.1) is 0 Å². The van der Waals surface area contributed by atoms with Crippen LogP contribution < -0.4 is 5.32 Å². The molecule has 2 rings (SSSR count). The van der Waals surface area contributed by atoms with Crippen LogP contribution >= 0.6 is 0 Å². The molecule has 2 aliphatic heterocycles. The number of carbonyl (C=O) groups is 3. The first kappa shape index (κ1) is 14.8. The van der Waals surface area contributed by atoms with Crippen LogP contribution in [0.4, 0.5) is 0 Å². The zero-order valence-electron chi connectivity index (χ0n) is 12.1.